The van der Waals surface area contributed by atoms with Gasteiger partial charge in [-0.05, 0) is 11.6 Å². The largest absolute Gasteiger partial charge is 1.00 e. The van der Waals surface area contributed by atoms with Crippen molar-refractivity contribution in [2.45, 2.75) is 30.7 Å². The minimum atomic E-state index is -1.73. The minimum Gasteiger partial charge on any atom is -0.872 e. The molecule has 25 heavy (non-hydrogen) atoms. The normalized spacial score (nSPS) is 29.6. The van der Waals surface area contributed by atoms with Gasteiger partial charge in [-0.3, -0.25) is 0 Å². The number of rotatable bonds is 5. The predicted molar refractivity (Wildman–Crippen MR) is 76.4 cm³/mol. The predicted octanol–water partition coefficient (Wildman–Crippen LogP) is -4.99. The molecule has 0 radical (unpaired) electrons. The zero-order valence-electron chi connectivity index (χ0n) is 13.3. The van der Waals surface area contributed by atoms with Crippen molar-refractivity contribution in [2.24, 2.45) is 0 Å². The van der Waals surface area contributed by atoms with Gasteiger partial charge in [0, 0.05) is 0 Å². The second kappa shape index (κ2) is 9.97. The van der Waals surface area contributed by atoms with Gasteiger partial charge >= 0.3 is 57.4 Å². The Kier molecular flexibility index (Phi) is 8.98. The number of aliphatic hydroxyl groups excluding tert-OH is 4. The van der Waals surface area contributed by atoms with Crippen molar-refractivity contribution >= 4 is 12.0 Å². The van der Waals surface area contributed by atoms with E-state index >= 15 is 0 Å². The van der Waals surface area contributed by atoms with Gasteiger partial charge < -0.3 is 40.1 Å². The number of hydrogen-bond donors (Lipinski definition) is 5. The van der Waals surface area contributed by atoms with E-state index in [1.807, 2.05) is 0 Å². The molecule has 0 amide bonds. The van der Waals surface area contributed by atoms with Crippen LogP contribution in [0.1, 0.15) is 5.56 Å². The van der Waals surface area contributed by atoms with Crippen molar-refractivity contribution in [1.29, 1.82) is 0 Å². The van der Waals surface area contributed by atoms with Gasteiger partial charge in [0.1, 0.15) is 24.4 Å². The number of benzene rings is 1. The van der Waals surface area contributed by atoms with E-state index in [0.29, 0.717) is 5.56 Å². The van der Waals surface area contributed by atoms with Gasteiger partial charge in [-0.15, -0.1) is 5.75 Å². The van der Waals surface area contributed by atoms with Crippen LogP contribution in [0, 0.1) is 0 Å². The molecular weight excluding hydrogens is 363 g/mol. The molecule has 0 saturated carbocycles. The number of carbonyl (C=O) groups is 1. The molecule has 5 N–H and O–H groups in total. The number of aliphatic carboxylic acids is 1. The van der Waals surface area contributed by atoms with Gasteiger partial charge in [0.2, 0.25) is 12.0 Å². The summed E-state index contributed by atoms with van der Waals surface area (Å²) in [5.74, 6) is -2.34. The fourth-order valence-electron chi connectivity index (χ4n) is 2.15. The molecule has 0 unspecified atom stereocenters. The maximum absolute atomic E-state index is 11.3. The molecule has 0 bridgehead atoms. The van der Waals surface area contributed by atoms with E-state index in [1.165, 1.54) is 24.3 Å². The van der Waals surface area contributed by atoms with Crippen LogP contribution in [-0.2, 0) is 14.3 Å². The molecule has 1 aromatic carbocycles. The molecule has 0 aromatic heterocycles. The van der Waals surface area contributed by atoms with Gasteiger partial charge in [-0.25, -0.2) is 4.79 Å². The SMILES string of the molecule is O=C(O)/C(=C/c1ccc([O-])cc1)O[C@H]1O[C@H](CO)[C@@H](O)[C@H](O)[C@@H]1O.[K+]. The van der Waals surface area contributed by atoms with Crippen molar-refractivity contribution in [3.05, 3.63) is 35.6 Å². The van der Waals surface area contributed by atoms with Crippen LogP contribution in [0.25, 0.3) is 6.08 Å². The Morgan fingerprint density at radius 2 is 1.76 bits per heavy atom. The van der Waals surface area contributed by atoms with Crippen molar-refractivity contribution in [1.82, 2.24) is 0 Å². The van der Waals surface area contributed by atoms with Gasteiger partial charge in [0.15, 0.2) is 0 Å². The van der Waals surface area contributed by atoms with Gasteiger partial charge in [-0.1, -0.05) is 24.3 Å². The first-order chi connectivity index (χ1) is 11.3. The zero-order valence-corrected chi connectivity index (χ0v) is 16.5. The molecule has 10 heteroatoms. The maximum Gasteiger partial charge on any atom is 1.00 e. The average Bonchev–Trinajstić information content (AvgIpc) is 2.56. The number of aliphatic hydroxyl groups is 4. The molecule has 0 spiro atoms. The summed E-state index contributed by atoms with van der Waals surface area (Å²) in [6.07, 6.45) is -6.72. The summed E-state index contributed by atoms with van der Waals surface area (Å²) in [5, 5.41) is 58.5. The molecule has 1 aliphatic heterocycles. The standard InChI is InChI=1S/C15H18O9.K/c16-6-10-11(18)12(19)13(20)15(24-10)23-9(14(21)22)5-7-1-3-8(17)4-2-7;/h1-5,10-13,15-20H,6H2,(H,21,22);/q;+1/p-1/b9-5-;/t10-,11-,12+,13+,15+;/m1./s1. The van der Waals surface area contributed by atoms with E-state index in [1.54, 1.807) is 0 Å². The number of ether oxygens (including phenoxy) is 2. The Morgan fingerprint density at radius 3 is 2.28 bits per heavy atom. The zero-order chi connectivity index (χ0) is 17.9. The van der Waals surface area contributed by atoms with Crippen molar-refractivity contribution in [3.63, 3.8) is 0 Å². The molecule has 1 saturated heterocycles. The molecule has 2 rings (SSSR count). The Morgan fingerprint density at radius 1 is 1.16 bits per heavy atom. The molecule has 9 nitrogen and oxygen atoms in total. The van der Waals surface area contributed by atoms with Crippen molar-refractivity contribution in [3.8, 4) is 5.75 Å². The van der Waals surface area contributed by atoms with Crippen LogP contribution in [0.3, 0.4) is 0 Å². The minimum absolute atomic E-state index is 0. The molecule has 1 aromatic rings. The first-order valence-electron chi connectivity index (χ1n) is 7.02. The van der Waals surface area contributed by atoms with E-state index in [2.05, 4.69) is 0 Å². The first-order valence-corrected chi connectivity index (χ1v) is 7.02. The smallest absolute Gasteiger partial charge is 0.872 e. The summed E-state index contributed by atoms with van der Waals surface area (Å²) in [6.45, 7) is -0.665. The van der Waals surface area contributed by atoms with E-state index in [9.17, 15) is 30.3 Å². The monoisotopic (exact) mass is 380 g/mol. The van der Waals surface area contributed by atoms with Crippen LogP contribution >= 0.6 is 0 Å². The number of carboxylic acids is 1. The second-order valence-electron chi connectivity index (χ2n) is 5.20. The van der Waals surface area contributed by atoms with Gasteiger partial charge in [0.25, 0.3) is 0 Å². The Bertz CT molecular complexity index is 602. The third kappa shape index (κ3) is 5.72. The fourth-order valence-corrected chi connectivity index (χ4v) is 2.15. The fraction of sp³-hybridized carbons (Fsp3) is 0.400. The Labute approximate surface area is 185 Å². The van der Waals surface area contributed by atoms with Crippen LogP contribution in [-0.4, -0.2) is 68.8 Å². The van der Waals surface area contributed by atoms with Crippen LogP contribution < -0.4 is 56.5 Å². The molecule has 1 heterocycles. The number of hydrogen-bond acceptors (Lipinski definition) is 8. The summed E-state index contributed by atoms with van der Waals surface area (Å²) in [4.78, 5) is 11.3. The van der Waals surface area contributed by atoms with E-state index < -0.39 is 49.0 Å². The molecule has 1 aliphatic rings. The third-order valence-corrected chi connectivity index (χ3v) is 3.48. The second-order valence-corrected chi connectivity index (χ2v) is 5.20. The van der Waals surface area contributed by atoms with E-state index in [4.69, 9.17) is 14.6 Å². The third-order valence-electron chi connectivity index (χ3n) is 3.48. The van der Waals surface area contributed by atoms with E-state index in [0.717, 1.165) is 6.08 Å². The van der Waals surface area contributed by atoms with Gasteiger partial charge in [-0.2, -0.15) is 0 Å². The van der Waals surface area contributed by atoms with Crippen molar-refractivity contribution < 1.29 is 96.3 Å². The van der Waals surface area contributed by atoms with E-state index in [-0.39, 0.29) is 57.1 Å². The molecule has 1 fully saturated rings. The summed E-state index contributed by atoms with van der Waals surface area (Å²) in [7, 11) is 0. The van der Waals surface area contributed by atoms with Crippen LogP contribution in [0.5, 0.6) is 5.75 Å². The first kappa shape index (κ1) is 22.5. The topological polar surface area (TPSA) is 160 Å². The van der Waals surface area contributed by atoms with Gasteiger partial charge in [0.05, 0.1) is 6.61 Å². The Hall–Kier alpha value is -0.534. The summed E-state index contributed by atoms with van der Waals surface area (Å²) in [5.41, 5.74) is 0.358. The van der Waals surface area contributed by atoms with Crippen LogP contribution in [0.2, 0.25) is 0 Å². The molecule has 5 atom stereocenters. The summed E-state index contributed by atoms with van der Waals surface area (Å²) < 4.78 is 10.2. The average molecular weight is 380 g/mol. The quantitative estimate of drug-likeness (QED) is 0.191. The summed E-state index contributed by atoms with van der Waals surface area (Å²) in [6, 6.07) is 5.22. The van der Waals surface area contributed by atoms with Crippen LogP contribution in [0.15, 0.2) is 30.0 Å². The Balaban J connectivity index is 0.00000312. The molecule has 132 valence electrons. The summed E-state index contributed by atoms with van der Waals surface area (Å²) >= 11 is 0. The molecule has 0 aliphatic carbocycles. The van der Waals surface area contributed by atoms with Crippen LogP contribution in [0.4, 0.5) is 0 Å². The maximum atomic E-state index is 11.3. The molecular formula is C15H17KO9. The van der Waals surface area contributed by atoms with Crippen molar-refractivity contribution in [2.75, 3.05) is 6.61 Å². The number of carboxylic acid groups (broad SMARTS) is 1.